The molecule has 4 nitrogen and oxygen atoms in total. The first-order valence-electron chi connectivity index (χ1n) is 21.2. The molecule has 3 heterocycles. The van der Waals surface area contributed by atoms with Crippen molar-refractivity contribution in [1.82, 2.24) is 9.13 Å². The SMILES string of the molecule is c1cc(N(c2ccc(-n3c4ccccc4c4ccccc43)cc2)c2ccccc2-c2cccc3oc4cc5ccccc5cc4c23)cc(-n2c3ccccc3c3ccccc32)c1. The highest BCUT2D eigenvalue weighted by Gasteiger charge is 2.22. The van der Waals surface area contributed by atoms with Crippen molar-refractivity contribution in [3.8, 4) is 22.5 Å². The van der Waals surface area contributed by atoms with Crippen LogP contribution < -0.4 is 4.90 Å². The van der Waals surface area contributed by atoms with E-state index in [0.29, 0.717) is 0 Å². The third-order valence-corrected chi connectivity index (χ3v) is 12.7. The molecule has 0 amide bonds. The van der Waals surface area contributed by atoms with Gasteiger partial charge in [0.2, 0.25) is 0 Å². The van der Waals surface area contributed by atoms with Gasteiger partial charge in [0.1, 0.15) is 11.2 Å². The van der Waals surface area contributed by atoms with Gasteiger partial charge in [0.25, 0.3) is 0 Å². The van der Waals surface area contributed by atoms with Crippen molar-refractivity contribution < 1.29 is 4.42 Å². The molecule has 0 unspecified atom stereocenters. The van der Waals surface area contributed by atoms with E-state index < -0.39 is 0 Å². The third-order valence-electron chi connectivity index (χ3n) is 12.7. The quantitative estimate of drug-likeness (QED) is 0.168. The summed E-state index contributed by atoms with van der Waals surface area (Å²) in [6.45, 7) is 0. The predicted octanol–water partition coefficient (Wildman–Crippen LogP) is 16.1. The maximum Gasteiger partial charge on any atom is 0.136 e. The minimum Gasteiger partial charge on any atom is -0.456 e. The molecule has 0 radical (unpaired) electrons. The van der Waals surface area contributed by atoms with Gasteiger partial charge in [-0.05, 0) is 107 Å². The second-order valence-corrected chi connectivity index (χ2v) is 16.1. The van der Waals surface area contributed by atoms with Crippen LogP contribution in [0.1, 0.15) is 0 Å². The Balaban J connectivity index is 1.04. The van der Waals surface area contributed by atoms with Gasteiger partial charge in [-0.15, -0.1) is 0 Å². The molecule has 0 bridgehead atoms. The Morgan fingerprint density at radius 2 is 0.839 bits per heavy atom. The molecule has 0 aliphatic rings. The normalized spacial score (nSPS) is 11.9. The molecule has 13 rings (SSSR count). The van der Waals surface area contributed by atoms with Crippen molar-refractivity contribution >= 4 is 93.4 Å². The number of hydrogen-bond acceptors (Lipinski definition) is 2. The molecule has 3 aromatic heterocycles. The van der Waals surface area contributed by atoms with E-state index in [1.807, 2.05) is 0 Å². The lowest BCUT2D eigenvalue weighted by atomic mass is 9.96. The lowest BCUT2D eigenvalue weighted by Gasteiger charge is -2.29. The molecule has 0 fully saturated rings. The summed E-state index contributed by atoms with van der Waals surface area (Å²) >= 11 is 0. The minimum absolute atomic E-state index is 0.873. The maximum atomic E-state index is 6.61. The van der Waals surface area contributed by atoms with Crippen LogP contribution in [0.25, 0.3) is 98.8 Å². The molecule has 0 aliphatic heterocycles. The van der Waals surface area contributed by atoms with Crippen molar-refractivity contribution in [3.05, 3.63) is 224 Å². The van der Waals surface area contributed by atoms with Gasteiger partial charge < -0.3 is 18.5 Å². The van der Waals surface area contributed by atoms with Crippen molar-refractivity contribution in [2.24, 2.45) is 0 Å². The highest BCUT2D eigenvalue weighted by Crippen LogP contribution is 2.46. The van der Waals surface area contributed by atoms with Crippen LogP contribution in [0, 0.1) is 0 Å². The van der Waals surface area contributed by atoms with Crippen LogP contribution in [-0.2, 0) is 0 Å². The molecule has 0 atom stereocenters. The molecule has 62 heavy (non-hydrogen) atoms. The first kappa shape index (κ1) is 34.5. The van der Waals surface area contributed by atoms with Gasteiger partial charge >= 0.3 is 0 Å². The Morgan fingerprint density at radius 3 is 1.48 bits per heavy atom. The van der Waals surface area contributed by atoms with E-state index in [-0.39, 0.29) is 0 Å². The molecular formula is C58H37N3O. The van der Waals surface area contributed by atoms with Crippen molar-refractivity contribution in [3.63, 3.8) is 0 Å². The largest absolute Gasteiger partial charge is 0.456 e. The molecule has 10 aromatic carbocycles. The van der Waals surface area contributed by atoms with Gasteiger partial charge in [0.05, 0.1) is 27.8 Å². The summed E-state index contributed by atoms with van der Waals surface area (Å²) in [4.78, 5) is 2.42. The van der Waals surface area contributed by atoms with Gasteiger partial charge in [-0.2, -0.15) is 0 Å². The summed E-state index contributed by atoms with van der Waals surface area (Å²) in [5, 5.41) is 9.56. The van der Waals surface area contributed by atoms with Gasteiger partial charge in [-0.3, -0.25) is 0 Å². The second kappa shape index (κ2) is 13.6. The van der Waals surface area contributed by atoms with Crippen LogP contribution >= 0.6 is 0 Å². The van der Waals surface area contributed by atoms with Crippen LogP contribution in [0.5, 0.6) is 0 Å². The van der Waals surface area contributed by atoms with E-state index >= 15 is 0 Å². The van der Waals surface area contributed by atoms with Crippen molar-refractivity contribution in [1.29, 1.82) is 0 Å². The minimum atomic E-state index is 0.873. The van der Waals surface area contributed by atoms with E-state index in [2.05, 4.69) is 238 Å². The highest BCUT2D eigenvalue weighted by atomic mass is 16.3. The number of anilines is 3. The topological polar surface area (TPSA) is 26.2 Å². The standard InChI is InChI=1S/C58H37N3O/c1-2-16-39-36-57-50(35-38(39)15-1)58-49(24-14-30-56(58)62-57)48-23-7-8-25-51(48)59(40-31-33-41(34-32-40)60-52-26-9-3-19-44(52)45-20-4-10-27-53(45)60)42-17-13-18-43(37-42)61-54-28-11-5-21-46(54)47-22-6-12-29-55(47)61/h1-37H. The molecule has 13 aromatic rings. The third kappa shape index (κ3) is 5.20. The molecule has 0 spiro atoms. The first-order chi connectivity index (χ1) is 30.8. The average Bonchev–Trinajstić information content (AvgIpc) is 3.99. The Kier molecular flexibility index (Phi) is 7.57. The zero-order valence-electron chi connectivity index (χ0n) is 33.6. The molecular weight excluding hydrogens is 755 g/mol. The molecule has 0 saturated carbocycles. The van der Waals surface area contributed by atoms with Crippen molar-refractivity contribution in [2.45, 2.75) is 0 Å². The van der Waals surface area contributed by atoms with Crippen LogP contribution in [-0.4, -0.2) is 9.13 Å². The summed E-state index contributed by atoms with van der Waals surface area (Å²) < 4.78 is 11.4. The summed E-state index contributed by atoms with van der Waals surface area (Å²) in [7, 11) is 0. The number of para-hydroxylation sites is 5. The molecule has 0 N–H and O–H groups in total. The summed E-state index contributed by atoms with van der Waals surface area (Å²) in [5.41, 5.74) is 14.1. The van der Waals surface area contributed by atoms with E-state index in [1.54, 1.807) is 0 Å². The summed E-state index contributed by atoms with van der Waals surface area (Å²) in [6.07, 6.45) is 0. The average molecular weight is 792 g/mol. The number of furan rings is 1. The molecule has 4 heteroatoms. The van der Waals surface area contributed by atoms with Crippen molar-refractivity contribution in [2.75, 3.05) is 4.90 Å². The van der Waals surface area contributed by atoms with E-state index in [9.17, 15) is 0 Å². The lowest BCUT2D eigenvalue weighted by molar-refractivity contribution is 0.669. The van der Waals surface area contributed by atoms with Crippen LogP contribution in [0.15, 0.2) is 229 Å². The molecule has 0 saturated heterocycles. The smallest absolute Gasteiger partial charge is 0.136 e. The number of hydrogen-bond donors (Lipinski definition) is 0. The Morgan fingerprint density at radius 1 is 0.323 bits per heavy atom. The monoisotopic (exact) mass is 791 g/mol. The fourth-order valence-corrected chi connectivity index (χ4v) is 9.98. The number of rotatable bonds is 6. The number of aromatic nitrogens is 2. The van der Waals surface area contributed by atoms with E-state index in [1.165, 1.54) is 54.4 Å². The fourth-order valence-electron chi connectivity index (χ4n) is 9.98. The number of nitrogens with zero attached hydrogens (tertiary/aromatic N) is 3. The van der Waals surface area contributed by atoms with E-state index in [0.717, 1.165) is 61.5 Å². The van der Waals surface area contributed by atoms with Crippen LogP contribution in [0.3, 0.4) is 0 Å². The summed E-state index contributed by atoms with van der Waals surface area (Å²) in [6, 6.07) is 81.0. The fraction of sp³-hybridized carbons (Fsp3) is 0. The van der Waals surface area contributed by atoms with Gasteiger partial charge in [-0.1, -0.05) is 133 Å². The highest BCUT2D eigenvalue weighted by molar-refractivity contribution is 6.17. The predicted molar refractivity (Wildman–Crippen MR) is 260 cm³/mol. The second-order valence-electron chi connectivity index (χ2n) is 16.1. The zero-order valence-corrected chi connectivity index (χ0v) is 33.6. The lowest BCUT2D eigenvalue weighted by Crippen LogP contribution is -2.12. The number of fused-ring (bicyclic) bond motifs is 10. The van der Waals surface area contributed by atoms with E-state index in [4.69, 9.17) is 4.42 Å². The Bertz CT molecular complexity index is 3780. The molecule has 290 valence electrons. The van der Waals surface area contributed by atoms with Gasteiger partial charge in [-0.25, -0.2) is 0 Å². The van der Waals surface area contributed by atoms with Gasteiger partial charge in [0.15, 0.2) is 0 Å². The van der Waals surface area contributed by atoms with Crippen LogP contribution in [0.2, 0.25) is 0 Å². The Labute approximate surface area is 357 Å². The first-order valence-corrected chi connectivity index (χ1v) is 21.2. The van der Waals surface area contributed by atoms with Crippen LogP contribution in [0.4, 0.5) is 17.1 Å². The summed E-state index contributed by atoms with van der Waals surface area (Å²) in [5.74, 6) is 0. The Hall–Kier alpha value is -8.34. The number of benzene rings is 10. The molecule has 0 aliphatic carbocycles. The zero-order chi connectivity index (χ0) is 40.7. The maximum absolute atomic E-state index is 6.61. The van der Waals surface area contributed by atoms with Gasteiger partial charge in [0, 0.05) is 60.6 Å².